The summed E-state index contributed by atoms with van der Waals surface area (Å²) in [6, 6.07) is 15.3. The maximum atomic E-state index is 12.5. The lowest BCUT2D eigenvalue weighted by molar-refractivity contribution is -0.125. The summed E-state index contributed by atoms with van der Waals surface area (Å²) in [4.78, 5) is 14.2. The van der Waals surface area contributed by atoms with Crippen molar-refractivity contribution in [3.63, 3.8) is 0 Å². The third-order valence-corrected chi connectivity index (χ3v) is 5.08. The van der Waals surface area contributed by atoms with Gasteiger partial charge in [-0.05, 0) is 54.3 Å². The normalized spacial score (nSPS) is 13.9. The zero-order valence-corrected chi connectivity index (χ0v) is 17.2. The lowest BCUT2D eigenvalue weighted by Gasteiger charge is -2.14. The van der Waals surface area contributed by atoms with Crippen LogP contribution in [0.3, 0.4) is 0 Å². The lowest BCUT2D eigenvalue weighted by Crippen LogP contribution is -2.28. The van der Waals surface area contributed by atoms with Gasteiger partial charge >= 0.3 is 0 Å². The standard InChI is InChI=1S/C22H21BrN2O3/c1-27-21-13-17(12-18(14-24)22(26)25-10-2-3-11-25)6-9-20(21)28-15-16-4-7-19(23)8-5-16/h4-9,12-13H,2-3,10-11,15H2,1H3/b18-12+. The number of amides is 1. The number of methoxy groups -OCH3 is 1. The van der Waals surface area contributed by atoms with Crippen molar-refractivity contribution in [2.45, 2.75) is 19.4 Å². The molecule has 1 fully saturated rings. The van der Waals surface area contributed by atoms with E-state index in [0.29, 0.717) is 31.2 Å². The summed E-state index contributed by atoms with van der Waals surface area (Å²) in [7, 11) is 1.57. The fraction of sp³-hybridized carbons (Fsp3) is 0.273. The number of likely N-dealkylation sites (tertiary alicyclic amines) is 1. The van der Waals surface area contributed by atoms with Gasteiger partial charge < -0.3 is 14.4 Å². The Bertz CT molecular complexity index is 910. The van der Waals surface area contributed by atoms with Gasteiger partial charge in [-0.25, -0.2) is 0 Å². The maximum Gasteiger partial charge on any atom is 0.264 e. The van der Waals surface area contributed by atoms with Crippen LogP contribution < -0.4 is 9.47 Å². The van der Waals surface area contributed by atoms with Crippen LogP contribution in [0.1, 0.15) is 24.0 Å². The van der Waals surface area contributed by atoms with E-state index in [9.17, 15) is 10.1 Å². The second kappa shape index (κ2) is 9.43. The van der Waals surface area contributed by atoms with Crippen LogP contribution in [0.25, 0.3) is 6.08 Å². The van der Waals surface area contributed by atoms with Crippen molar-refractivity contribution < 1.29 is 14.3 Å². The van der Waals surface area contributed by atoms with Crippen molar-refractivity contribution in [3.05, 3.63) is 63.6 Å². The molecule has 0 bridgehead atoms. The van der Waals surface area contributed by atoms with E-state index >= 15 is 0 Å². The van der Waals surface area contributed by atoms with Gasteiger partial charge in [0.25, 0.3) is 5.91 Å². The smallest absolute Gasteiger partial charge is 0.264 e. The van der Waals surface area contributed by atoms with Gasteiger partial charge in [-0.15, -0.1) is 0 Å². The highest BCUT2D eigenvalue weighted by Crippen LogP contribution is 2.30. The molecule has 2 aromatic carbocycles. The monoisotopic (exact) mass is 440 g/mol. The molecule has 0 saturated carbocycles. The summed E-state index contributed by atoms with van der Waals surface area (Å²) in [6.07, 6.45) is 3.58. The minimum absolute atomic E-state index is 0.132. The second-order valence-corrected chi connectivity index (χ2v) is 7.41. The molecule has 0 aromatic heterocycles. The number of carbonyl (C=O) groups excluding carboxylic acids is 1. The number of hydrogen-bond donors (Lipinski definition) is 0. The lowest BCUT2D eigenvalue weighted by atomic mass is 10.1. The number of nitrogens with zero attached hydrogens (tertiary/aromatic N) is 2. The highest BCUT2D eigenvalue weighted by molar-refractivity contribution is 9.10. The Labute approximate surface area is 173 Å². The van der Waals surface area contributed by atoms with E-state index in [0.717, 1.165) is 28.4 Å². The van der Waals surface area contributed by atoms with E-state index in [1.807, 2.05) is 36.4 Å². The van der Waals surface area contributed by atoms with E-state index in [1.54, 1.807) is 30.2 Å². The van der Waals surface area contributed by atoms with Crippen LogP contribution in [0.2, 0.25) is 0 Å². The van der Waals surface area contributed by atoms with Gasteiger partial charge in [-0.1, -0.05) is 34.1 Å². The van der Waals surface area contributed by atoms with Crippen molar-refractivity contribution in [1.82, 2.24) is 4.90 Å². The van der Waals surface area contributed by atoms with Gasteiger partial charge in [0.2, 0.25) is 0 Å². The molecule has 1 aliphatic heterocycles. The third kappa shape index (κ3) is 4.93. The molecule has 1 amide bonds. The first-order valence-corrected chi connectivity index (χ1v) is 9.86. The Morgan fingerprint density at radius 1 is 1.18 bits per heavy atom. The molecule has 0 unspecified atom stereocenters. The first-order valence-electron chi connectivity index (χ1n) is 9.07. The fourth-order valence-electron chi connectivity index (χ4n) is 3.03. The summed E-state index contributed by atoms with van der Waals surface area (Å²) in [6.45, 7) is 1.84. The predicted octanol–water partition coefficient (Wildman–Crippen LogP) is 4.57. The maximum absolute atomic E-state index is 12.5. The minimum Gasteiger partial charge on any atom is -0.493 e. The Morgan fingerprint density at radius 3 is 2.54 bits per heavy atom. The van der Waals surface area contributed by atoms with Crippen LogP contribution >= 0.6 is 15.9 Å². The van der Waals surface area contributed by atoms with Crippen LogP contribution in [0.15, 0.2) is 52.5 Å². The molecule has 5 nitrogen and oxygen atoms in total. The van der Waals surface area contributed by atoms with Gasteiger partial charge in [0.15, 0.2) is 11.5 Å². The Balaban J connectivity index is 1.75. The van der Waals surface area contributed by atoms with Gasteiger partial charge in [0.1, 0.15) is 18.2 Å². The van der Waals surface area contributed by atoms with E-state index in [2.05, 4.69) is 15.9 Å². The van der Waals surface area contributed by atoms with Gasteiger partial charge in [0, 0.05) is 17.6 Å². The minimum atomic E-state index is -0.213. The number of hydrogen-bond acceptors (Lipinski definition) is 4. The molecule has 2 aromatic rings. The number of nitriles is 1. The number of benzene rings is 2. The highest BCUT2D eigenvalue weighted by atomic mass is 79.9. The summed E-state index contributed by atoms with van der Waals surface area (Å²) in [5.74, 6) is 0.943. The SMILES string of the molecule is COc1cc(/C=C(\C#N)C(=O)N2CCCC2)ccc1OCc1ccc(Br)cc1. The van der Waals surface area contributed by atoms with E-state index in [1.165, 1.54) is 0 Å². The molecule has 0 radical (unpaired) electrons. The van der Waals surface area contributed by atoms with Gasteiger partial charge in [-0.3, -0.25) is 4.79 Å². The number of rotatable bonds is 6. The second-order valence-electron chi connectivity index (χ2n) is 6.49. The highest BCUT2D eigenvalue weighted by Gasteiger charge is 2.21. The quantitative estimate of drug-likeness (QED) is 0.487. The number of halogens is 1. The summed E-state index contributed by atoms with van der Waals surface area (Å²) < 4.78 is 12.3. The number of carbonyl (C=O) groups is 1. The van der Waals surface area contributed by atoms with E-state index in [4.69, 9.17) is 9.47 Å². The zero-order chi connectivity index (χ0) is 19.9. The Kier molecular flexibility index (Phi) is 6.72. The van der Waals surface area contributed by atoms with Crippen molar-refractivity contribution >= 4 is 27.9 Å². The molecular formula is C22H21BrN2O3. The van der Waals surface area contributed by atoms with Crippen molar-refractivity contribution in [2.24, 2.45) is 0 Å². The molecule has 3 rings (SSSR count). The van der Waals surface area contributed by atoms with Crippen LogP contribution in [0.5, 0.6) is 11.5 Å². The molecule has 1 saturated heterocycles. The molecule has 28 heavy (non-hydrogen) atoms. The molecule has 0 aliphatic carbocycles. The molecule has 0 atom stereocenters. The largest absolute Gasteiger partial charge is 0.493 e. The van der Waals surface area contributed by atoms with Crippen molar-refractivity contribution in [1.29, 1.82) is 5.26 Å². The molecule has 1 heterocycles. The summed E-state index contributed by atoms with van der Waals surface area (Å²) >= 11 is 3.41. The van der Waals surface area contributed by atoms with Crippen LogP contribution in [0, 0.1) is 11.3 Å². The number of ether oxygens (including phenoxy) is 2. The van der Waals surface area contributed by atoms with E-state index < -0.39 is 0 Å². The van der Waals surface area contributed by atoms with Crippen LogP contribution in [-0.2, 0) is 11.4 Å². The Morgan fingerprint density at radius 2 is 1.89 bits per heavy atom. The average Bonchev–Trinajstić information content (AvgIpc) is 3.26. The fourth-order valence-corrected chi connectivity index (χ4v) is 3.30. The molecule has 0 N–H and O–H groups in total. The van der Waals surface area contributed by atoms with Crippen LogP contribution in [0.4, 0.5) is 0 Å². The predicted molar refractivity (Wildman–Crippen MR) is 111 cm³/mol. The Hall–Kier alpha value is -2.78. The first kappa shape index (κ1) is 20.0. The van der Waals surface area contributed by atoms with Crippen molar-refractivity contribution in [2.75, 3.05) is 20.2 Å². The zero-order valence-electron chi connectivity index (χ0n) is 15.7. The first-order chi connectivity index (χ1) is 13.6. The van der Waals surface area contributed by atoms with Gasteiger partial charge in [0.05, 0.1) is 7.11 Å². The summed E-state index contributed by atoms with van der Waals surface area (Å²) in [5.41, 5.74) is 1.89. The third-order valence-electron chi connectivity index (χ3n) is 4.55. The molecule has 6 heteroatoms. The summed E-state index contributed by atoms with van der Waals surface area (Å²) in [5, 5.41) is 9.40. The molecule has 1 aliphatic rings. The van der Waals surface area contributed by atoms with Crippen molar-refractivity contribution in [3.8, 4) is 17.6 Å². The average molecular weight is 441 g/mol. The topological polar surface area (TPSA) is 62.6 Å². The van der Waals surface area contributed by atoms with Crippen LogP contribution in [-0.4, -0.2) is 31.0 Å². The molecule has 0 spiro atoms. The van der Waals surface area contributed by atoms with Gasteiger partial charge in [-0.2, -0.15) is 5.26 Å². The molecular weight excluding hydrogens is 420 g/mol. The molecule has 144 valence electrons. The van der Waals surface area contributed by atoms with E-state index in [-0.39, 0.29) is 11.5 Å².